The number of amides is 1. The lowest BCUT2D eigenvalue weighted by Crippen LogP contribution is -2.23. The van der Waals surface area contributed by atoms with E-state index in [-0.39, 0.29) is 0 Å². The number of nitrogens with one attached hydrogen (secondary N) is 1. The first kappa shape index (κ1) is 9.01. The van der Waals surface area contributed by atoms with Gasteiger partial charge < -0.3 is 11.1 Å². The van der Waals surface area contributed by atoms with Crippen LogP contribution in [-0.2, 0) is 4.79 Å². The van der Waals surface area contributed by atoms with Crippen LogP contribution in [0.15, 0.2) is 11.8 Å². The first-order valence-corrected chi connectivity index (χ1v) is 3.40. The minimum atomic E-state index is -0.393. The summed E-state index contributed by atoms with van der Waals surface area (Å²) in [6, 6.07) is 0. The Morgan fingerprint density at radius 2 is 2.30 bits per heavy atom. The Morgan fingerprint density at radius 3 is 2.60 bits per heavy atom. The second kappa shape index (κ2) is 4.85. The molecule has 0 aromatic heterocycles. The number of carbonyl (C=O) groups is 1. The number of rotatable bonds is 4. The zero-order valence-electron chi connectivity index (χ0n) is 6.48. The van der Waals surface area contributed by atoms with E-state index >= 15 is 0 Å². The third-order valence-electron chi connectivity index (χ3n) is 1.17. The van der Waals surface area contributed by atoms with Gasteiger partial charge in [-0.3, -0.25) is 4.79 Å². The molecular weight excluding hydrogens is 128 g/mol. The van der Waals surface area contributed by atoms with E-state index in [2.05, 4.69) is 5.32 Å². The lowest BCUT2D eigenvalue weighted by Gasteiger charge is -1.99. The summed E-state index contributed by atoms with van der Waals surface area (Å²) >= 11 is 0. The van der Waals surface area contributed by atoms with Crippen LogP contribution in [0.1, 0.15) is 19.8 Å². The molecule has 10 heavy (non-hydrogen) atoms. The van der Waals surface area contributed by atoms with Crippen LogP contribution in [0.25, 0.3) is 0 Å². The van der Waals surface area contributed by atoms with Crippen molar-refractivity contribution in [2.45, 2.75) is 19.8 Å². The van der Waals surface area contributed by atoms with E-state index in [1.807, 2.05) is 13.0 Å². The molecule has 3 nitrogen and oxygen atoms in total. The fourth-order valence-electron chi connectivity index (χ4n) is 0.615. The van der Waals surface area contributed by atoms with Crippen LogP contribution in [0, 0.1) is 0 Å². The molecule has 3 heteroatoms. The molecule has 0 aliphatic carbocycles. The van der Waals surface area contributed by atoms with Crippen molar-refractivity contribution in [1.29, 1.82) is 0 Å². The molecule has 0 aliphatic rings. The van der Waals surface area contributed by atoms with Gasteiger partial charge in [0.15, 0.2) is 0 Å². The molecule has 0 saturated carbocycles. The number of nitrogens with two attached hydrogens (primary N) is 1. The third-order valence-corrected chi connectivity index (χ3v) is 1.17. The summed E-state index contributed by atoms with van der Waals surface area (Å²) in [7, 11) is 1.69. The van der Waals surface area contributed by atoms with Crippen molar-refractivity contribution in [3.05, 3.63) is 11.8 Å². The quantitative estimate of drug-likeness (QED) is 0.557. The average Bonchev–Trinajstić information content (AvgIpc) is 1.89. The first-order chi connectivity index (χ1) is 4.72. The smallest absolute Gasteiger partial charge is 0.264 e. The Morgan fingerprint density at radius 1 is 1.70 bits per heavy atom. The molecule has 3 N–H and O–H groups in total. The average molecular weight is 142 g/mol. The van der Waals surface area contributed by atoms with Crippen molar-refractivity contribution in [3.63, 3.8) is 0 Å². The highest BCUT2D eigenvalue weighted by molar-refractivity contribution is 5.91. The summed E-state index contributed by atoms with van der Waals surface area (Å²) < 4.78 is 0. The third kappa shape index (κ3) is 3.12. The largest absolute Gasteiger partial charge is 0.384 e. The molecular formula is C7H14N2O. The Labute approximate surface area is 61.3 Å². The predicted molar refractivity (Wildman–Crippen MR) is 41.2 cm³/mol. The van der Waals surface area contributed by atoms with E-state index in [9.17, 15) is 4.79 Å². The van der Waals surface area contributed by atoms with E-state index < -0.39 is 5.91 Å². The fraction of sp³-hybridized carbons (Fsp3) is 0.571. The molecule has 0 fully saturated rings. The number of carbonyl (C=O) groups excluding carboxylic acids is 1. The SMILES string of the molecule is CCCC=C(NC)C(N)=O. The second-order valence-electron chi connectivity index (χ2n) is 2.02. The van der Waals surface area contributed by atoms with Gasteiger partial charge in [0.2, 0.25) is 0 Å². The lowest BCUT2D eigenvalue weighted by molar-refractivity contribution is -0.114. The predicted octanol–water partition coefficient (Wildman–Crippen LogP) is 0.375. The van der Waals surface area contributed by atoms with Gasteiger partial charge in [0.25, 0.3) is 5.91 Å². The topological polar surface area (TPSA) is 55.1 Å². The minimum Gasteiger partial charge on any atom is -0.384 e. The number of hydrogen-bond donors (Lipinski definition) is 2. The number of primary amides is 1. The van der Waals surface area contributed by atoms with Crippen LogP contribution >= 0.6 is 0 Å². The van der Waals surface area contributed by atoms with E-state index in [0.29, 0.717) is 5.70 Å². The number of likely N-dealkylation sites (N-methyl/N-ethyl adjacent to an activating group) is 1. The van der Waals surface area contributed by atoms with Crippen LogP contribution in [0.3, 0.4) is 0 Å². The monoisotopic (exact) mass is 142 g/mol. The van der Waals surface area contributed by atoms with Gasteiger partial charge in [-0.05, 0) is 6.42 Å². The molecule has 0 aromatic carbocycles. The molecule has 0 saturated heterocycles. The van der Waals surface area contributed by atoms with Crippen LogP contribution < -0.4 is 11.1 Å². The van der Waals surface area contributed by atoms with E-state index in [0.717, 1.165) is 12.8 Å². The van der Waals surface area contributed by atoms with Crippen LogP contribution in [0.4, 0.5) is 0 Å². The Bertz CT molecular complexity index is 141. The van der Waals surface area contributed by atoms with Crippen molar-refractivity contribution in [2.24, 2.45) is 5.73 Å². The molecule has 0 aromatic rings. The van der Waals surface area contributed by atoms with Gasteiger partial charge >= 0.3 is 0 Å². The van der Waals surface area contributed by atoms with E-state index in [1.54, 1.807) is 7.05 Å². The molecule has 0 heterocycles. The van der Waals surface area contributed by atoms with Gasteiger partial charge in [0.05, 0.1) is 5.70 Å². The highest BCUT2D eigenvalue weighted by Gasteiger charge is 1.98. The van der Waals surface area contributed by atoms with Gasteiger partial charge in [-0.25, -0.2) is 0 Å². The van der Waals surface area contributed by atoms with Crippen LogP contribution in [-0.4, -0.2) is 13.0 Å². The maximum Gasteiger partial charge on any atom is 0.264 e. The molecule has 1 amide bonds. The van der Waals surface area contributed by atoms with E-state index in [4.69, 9.17) is 5.73 Å². The summed E-state index contributed by atoms with van der Waals surface area (Å²) in [5, 5.41) is 2.72. The zero-order valence-corrected chi connectivity index (χ0v) is 6.48. The zero-order chi connectivity index (χ0) is 7.98. The first-order valence-electron chi connectivity index (χ1n) is 3.40. The molecule has 0 radical (unpaired) electrons. The summed E-state index contributed by atoms with van der Waals surface area (Å²) in [5.41, 5.74) is 5.52. The van der Waals surface area contributed by atoms with Crippen LogP contribution in [0.2, 0.25) is 0 Å². The molecule has 0 aliphatic heterocycles. The summed E-state index contributed by atoms with van der Waals surface area (Å²) in [6.07, 6.45) is 3.72. The molecule has 0 unspecified atom stereocenters. The van der Waals surface area contributed by atoms with Gasteiger partial charge in [0, 0.05) is 7.05 Å². The van der Waals surface area contributed by atoms with Gasteiger partial charge in [-0.2, -0.15) is 0 Å². The summed E-state index contributed by atoms with van der Waals surface area (Å²) in [6.45, 7) is 2.05. The molecule has 0 rings (SSSR count). The normalized spacial score (nSPS) is 11.2. The Hall–Kier alpha value is -0.990. The summed E-state index contributed by atoms with van der Waals surface area (Å²) in [5.74, 6) is -0.393. The number of allylic oxidation sites excluding steroid dienone is 1. The molecule has 0 atom stereocenters. The summed E-state index contributed by atoms with van der Waals surface area (Å²) in [4.78, 5) is 10.5. The Balaban J connectivity index is 3.91. The second-order valence-corrected chi connectivity index (χ2v) is 2.02. The lowest BCUT2D eigenvalue weighted by atomic mass is 10.3. The molecule has 58 valence electrons. The van der Waals surface area contributed by atoms with Crippen molar-refractivity contribution >= 4 is 5.91 Å². The van der Waals surface area contributed by atoms with Crippen molar-refractivity contribution in [3.8, 4) is 0 Å². The van der Waals surface area contributed by atoms with Crippen molar-refractivity contribution < 1.29 is 4.79 Å². The Kier molecular flexibility index (Phi) is 4.37. The minimum absolute atomic E-state index is 0.393. The highest BCUT2D eigenvalue weighted by Crippen LogP contribution is 1.93. The van der Waals surface area contributed by atoms with Crippen molar-refractivity contribution in [1.82, 2.24) is 5.32 Å². The maximum atomic E-state index is 10.5. The van der Waals surface area contributed by atoms with Gasteiger partial charge in [0.1, 0.15) is 0 Å². The number of unbranched alkanes of at least 4 members (excludes halogenated alkanes) is 1. The van der Waals surface area contributed by atoms with Crippen molar-refractivity contribution in [2.75, 3.05) is 7.05 Å². The molecule has 0 spiro atoms. The maximum absolute atomic E-state index is 10.5. The highest BCUT2D eigenvalue weighted by atomic mass is 16.1. The van der Waals surface area contributed by atoms with Gasteiger partial charge in [-0.15, -0.1) is 0 Å². The van der Waals surface area contributed by atoms with Crippen LogP contribution in [0.5, 0.6) is 0 Å². The van der Waals surface area contributed by atoms with Gasteiger partial charge in [-0.1, -0.05) is 19.4 Å². The van der Waals surface area contributed by atoms with E-state index in [1.165, 1.54) is 0 Å². The molecule has 0 bridgehead atoms. The fourth-order valence-corrected chi connectivity index (χ4v) is 0.615. The standard InChI is InChI=1S/C7H14N2O/c1-3-4-5-6(9-2)7(8)10/h5,9H,3-4H2,1-2H3,(H2,8,10). The number of hydrogen-bond acceptors (Lipinski definition) is 2.